The van der Waals surface area contributed by atoms with Crippen LogP contribution in [0.2, 0.25) is 0 Å². The molecule has 5 heteroatoms. The smallest absolute Gasteiger partial charge is 0.347 e. The van der Waals surface area contributed by atoms with Crippen molar-refractivity contribution >= 4 is 5.65 Å². The summed E-state index contributed by atoms with van der Waals surface area (Å²) in [5.74, 6) is 1.32. The van der Waals surface area contributed by atoms with Gasteiger partial charge in [0.1, 0.15) is 11.5 Å². The number of aromatic amines is 1. The van der Waals surface area contributed by atoms with Gasteiger partial charge in [0.05, 0.1) is 6.20 Å². The summed E-state index contributed by atoms with van der Waals surface area (Å²) in [6, 6.07) is 12.9. The summed E-state index contributed by atoms with van der Waals surface area (Å²) < 4.78 is 7.01. The van der Waals surface area contributed by atoms with Crippen LogP contribution in [0, 0.1) is 0 Å². The summed E-state index contributed by atoms with van der Waals surface area (Å²) in [4.78, 5) is 11.4. The van der Waals surface area contributed by atoms with Crippen molar-refractivity contribution in [2.24, 2.45) is 0 Å². The van der Waals surface area contributed by atoms with Crippen LogP contribution in [-0.4, -0.2) is 14.6 Å². The first-order chi connectivity index (χ1) is 8.33. The molecule has 0 saturated carbocycles. The van der Waals surface area contributed by atoms with E-state index in [-0.39, 0.29) is 5.69 Å². The molecule has 0 aliphatic rings. The largest absolute Gasteiger partial charge is 0.456 e. The zero-order chi connectivity index (χ0) is 11.7. The zero-order valence-corrected chi connectivity index (χ0v) is 8.83. The number of pyridine rings is 1. The van der Waals surface area contributed by atoms with Gasteiger partial charge >= 0.3 is 5.69 Å². The maximum atomic E-state index is 11.4. The average Bonchev–Trinajstić information content (AvgIpc) is 2.73. The van der Waals surface area contributed by atoms with Crippen LogP contribution in [0.5, 0.6) is 11.5 Å². The van der Waals surface area contributed by atoms with Gasteiger partial charge in [-0.25, -0.2) is 14.3 Å². The summed E-state index contributed by atoms with van der Waals surface area (Å²) in [5.41, 5.74) is 0.286. The van der Waals surface area contributed by atoms with Crippen LogP contribution in [-0.2, 0) is 0 Å². The molecule has 1 N–H and O–H groups in total. The Kier molecular flexibility index (Phi) is 2.15. The van der Waals surface area contributed by atoms with Crippen molar-refractivity contribution in [2.45, 2.75) is 0 Å². The highest BCUT2D eigenvalue weighted by atomic mass is 16.5. The fourth-order valence-corrected chi connectivity index (χ4v) is 1.57. The summed E-state index contributed by atoms with van der Waals surface area (Å²) >= 11 is 0. The molecule has 0 amide bonds. The van der Waals surface area contributed by atoms with Crippen LogP contribution in [0.3, 0.4) is 0 Å². The molecule has 2 aromatic heterocycles. The van der Waals surface area contributed by atoms with Crippen molar-refractivity contribution in [1.82, 2.24) is 14.6 Å². The van der Waals surface area contributed by atoms with Crippen LogP contribution in [0.1, 0.15) is 0 Å². The van der Waals surface area contributed by atoms with Gasteiger partial charge in [0, 0.05) is 0 Å². The molecule has 3 aromatic rings. The van der Waals surface area contributed by atoms with E-state index >= 15 is 0 Å². The molecule has 2 heterocycles. The maximum Gasteiger partial charge on any atom is 0.347 e. The number of nitrogens with zero attached hydrogens (tertiary/aromatic N) is 2. The minimum Gasteiger partial charge on any atom is -0.456 e. The Balaban J connectivity index is 2.01. The summed E-state index contributed by atoms with van der Waals surface area (Å²) in [6.45, 7) is 0. The normalized spacial score (nSPS) is 10.6. The van der Waals surface area contributed by atoms with Crippen molar-refractivity contribution in [3.63, 3.8) is 0 Å². The van der Waals surface area contributed by atoms with Crippen molar-refractivity contribution in [3.8, 4) is 11.5 Å². The van der Waals surface area contributed by atoms with Crippen LogP contribution < -0.4 is 10.4 Å². The highest BCUT2D eigenvalue weighted by Crippen LogP contribution is 2.20. The number of ether oxygens (including phenoxy) is 1. The van der Waals surface area contributed by atoms with Gasteiger partial charge in [-0.3, -0.25) is 0 Å². The van der Waals surface area contributed by atoms with Gasteiger partial charge in [0.15, 0.2) is 5.65 Å². The summed E-state index contributed by atoms with van der Waals surface area (Å²) in [7, 11) is 0. The first-order valence-electron chi connectivity index (χ1n) is 5.13. The number of H-pyrrole nitrogens is 1. The minimum absolute atomic E-state index is 0.279. The Bertz CT molecular complexity index is 700. The van der Waals surface area contributed by atoms with E-state index in [2.05, 4.69) is 10.2 Å². The topological polar surface area (TPSA) is 59.4 Å². The Morgan fingerprint density at radius 3 is 2.71 bits per heavy atom. The van der Waals surface area contributed by atoms with E-state index in [1.165, 1.54) is 4.40 Å². The van der Waals surface area contributed by atoms with Gasteiger partial charge in [-0.15, -0.1) is 0 Å². The number of fused-ring (bicyclic) bond motifs is 1. The second kappa shape index (κ2) is 3.79. The molecule has 0 spiro atoms. The highest BCUT2D eigenvalue weighted by Gasteiger charge is 2.02. The Labute approximate surface area is 96.3 Å². The summed E-state index contributed by atoms with van der Waals surface area (Å²) in [6.07, 6.45) is 1.61. The van der Waals surface area contributed by atoms with E-state index in [0.717, 1.165) is 5.75 Å². The van der Waals surface area contributed by atoms with Crippen LogP contribution in [0.25, 0.3) is 5.65 Å². The third kappa shape index (κ3) is 1.78. The summed E-state index contributed by atoms with van der Waals surface area (Å²) in [5, 5.41) is 6.21. The van der Waals surface area contributed by atoms with Gasteiger partial charge in [0.25, 0.3) is 0 Å². The quantitative estimate of drug-likeness (QED) is 0.726. The molecule has 0 radical (unpaired) electrons. The third-order valence-electron chi connectivity index (χ3n) is 2.36. The number of hydrogen-bond donors (Lipinski definition) is 1. The Morgan fingerprint density at radius 2 is 1.88 bits per heavy atom. The molecule has 0 saturated heterocycles. The van der Waals surface area contributed by atoms with Crippen molar-refractivity contribution < 1.29 is 4.74 Å². The molecule has 1 aromatic carbocycles. The molecule has 0 fully saturated rings. The maximum absolute atomic E-state index is 11.4. The third-order valence-corrected chi connectivity index (χ3v) is 2.36. The first kappa shape index (κ1) is 9.65. The van der Waals surface area contributed by atoms with Crippen LogP contribution in [0.15, 0.2) is 53.5 Å². The van der Waals surface area contributed by atoms with E-state index in [1.54, 1.807) is 18.3 Å². The molecular formula is C12H9N3O2. The first-order valence-corrected chi connectivity index (χ1v) is 5.13. The molecule has 0 aliphatic carbocycles. The highest BCUT2D eigenvalue weighted by molar-refractivity contribution is 5.41. The lowest BCUT2D eigenvalue weighted by Crippen LogP contribution is -2.08. The van der Waals surface area contributed by atoms with E-state index in [9.17, 15) is 4.79 Å². The van der Waals surface area contributed by atoms with Crippen molar-refractivity contribution in [2.75, 3.05) is 0 Å². The molecule has 0 unspecified atom stereocenters. The van der Waals surface area contributed by atoms with Gasteiger partial charge in [-0.2, -0.15) is 5.10 Å². The molecule has 3 rings (SSSR count). The van der Waals surface area contributed by atoms with E-state index in [4.69, 9.17) is 4.74 Å². The van der Waals surface area contributed by atoms with Gasteiger partial charge in [-0.1, -0.05) is 18.2 Å². The fraction of sp³-hybridized carbons (Fsp3) is 0. The van der Waals surface area contributed by atoms with Crippen molar-refractivity contribution in [1.29, 1.82) is 0 Å². The predicted octanol–water partition coefficient (Wildman–Crippen LogP) is 1.81. The standard InChI is InChI=1S/C12H9N3O2/c16-12-14-13-11-7-6-10(8-15(11)12)17-9-4-2-1-3-5-9/h1-8H,(H,14,16). The molecule has 17 heavy (non-hydrogen) atoms. The number of para-hydroxylation sites is 1. The second-order valence-corrected chi connectivity index (χ2v) is 3.54. The van der Waals surface area contributed by atoms with Crippen LogP contribution >= 0.6 is 0 Å². The Hall–Kier alpha value is -2.56. The lowest BCUT2D eigenvalue weighted by Gasteiger charge is -2.04. The minimum atomic E-state index is -0.279. The number of hydrogen-bond acceptors (Lipinski definition) is 3. The molecule has 5 nitrogen and oxygen atoms in total. The lowest BCUT2D eigenvalue weighted by molar-refractivity contribution is 0.479. The van der Waals surface area contributed by atoms with Gasteiger partial charge < -0.3 is 4.74 Å². The average molecular weight is 227 g/mol. The molecule has 0 atom stereocenters. The molecule has 0 aliphatic heterocycles. The number of benzene rings is 1. The number of rotatable bonds is 2. The zero-order valence-electron chi connectivity index (χ0n) is 8.83. The SMILES string of the molecule is O=c1[nH]nc2ccc(Oc3ccccc3)cn12. The van der Waals surface area contributed by atoms with E-state index < -0.39 is 0 Å². The number of nitrogens with one attached hydrogen (secondary N) is 1. The monoisotopic (exact) mass is 227 g/mol. The van der Waals surface area contributed by atoms with E-state index in [0.29, 0.717) is 11.4 Å². The van der Waals surface area contributed by atoms with Crippen molar-refractivity contribution in [3.05, 3.63) is 59.1 Å². The lowest BCUT2D eigenvalue weighted by atomic mass is 10.3. The predicted molar refractivity (Wildman–Crippen MR) is 62.3 cm³/mol. The van der Waals surface area contributed by atoms with Crippen LogP contribution in [0.4, 0.5) is 0 Å². The number of aromatic nitrogens is 3. The fourth-order valence-electron chi connectivity index (χ4n) is 1.57. The second-order valence-electron chi connectivity index (χ2n) is 3.54. The molecule has 84 valence electrons. The molecule has 0 bridgehead atoms. The van der Waals surface area contributed by atoms with Gasteiger partial charge in [0.2, 0.25) is 0 Å². The molecular weight excluding hydrogens is 218 g/mol. The van der Waals surface area contributed by atoms with Gasteiger partial charge in [-0.05, 0) is 24.3 Å². The Morgan fingerprint density at radius 1 is 1.06 bits per heavy atom. The van der Waals surface area contributed by atoms with E-state index in [1.807, 2.05) is 30.3 Å².